The smallest absolute Gasteiger partial charge is 0.229 e. The summed E-state index contributed by atoms with van der Waals surface area (Å²) in [5.74, 6) is 1.24. The van der Waals surface area contributed by atoms with Gasteiger partial charge >= 0.3 is 0 Å². The number of thiol groups is 1. The van der Waals surface area contributed by atoms with E-state index in [9.17, 15) is 0 Å². The van der Waals surface area contributed by atoms with Gasteiger partial charge in [0.05, 0.1) is 15.9 Å². The Labute approximate surface area is 202 Å². The highest BCUT2D eigenvalue weighted by molar-refractivity contribution is 7.80. The molecule has 0 saturated heterocycles. The van der Waals surface area contributed by atoms with Crippen LogP contribution in [0.3, 0.4) is 0 Å². The summed E-state index contributed by atoms with van der Waals surface area (Å²) in [5.41, 5.74) is 5.32. The van der Waals surface area contributed by atoms with E-state index < -0.39 is 0 Å². The van der Waals surface area contributed by atoms with Crippen LogP contribution in [-0.4, -0.2) is 15.0 Å². The molecule has 2 N–H and O–H groups in total. The van der Waals surface area contributed by atoms with E-state index in [-0.39, 0.29) is 0 Å². The highest BCUT2D eigenvalue weighted by atomic mass is 32.1. The van der Waals surface area contributed by atoms with Crippen LogP contribution < -0.4 is 10.6 Å². The third kappa shape index (κ3) is 5.32. The number of thiazole rings is 1. The Hall–Kier alpha value is -3.42. The lowest BCUT2D eigenvalue weighted by molar-refractivity contribution is 1.03. The molecule has 0 radical (unpaired) electrons. The van der Waals surface area contributed by atoms with E-state index in [1.165, 1.54) is 15.8 Å². The van der Waals surface area contributed by atoms with Crippen molar-refractivity contribution in [3.05, 3.63) is 95.7 Å². The van der Waals surface area contributed by atoms with E-state index in [2.05, 4.69) is 60.5 Å². The third-order valence-electron chi connectivity index (χ3n) is 5.23. The normalized spacial score (nSPS) is 11.0. The first-order chi connectivity index (χ1) is 16.1. The van der Waals surface area contributed by atoms with Crippen molar-refractivity contribution in [2.75, 3.05) is 10.6 Å². The molecule has 0 aliphatic carbocycles. The SMILES string of the molecule is CCc1ccc2nc(Nc3cc(Cc4ccccc4)nc(Nc4ccc(S)cc4)n3)sc2c1. The summed E-state index contributed by atoms with van der Waals surface area (Å²) in [6, 6.07) is 26.5. The fourth-order valence-electron chi connectivity index (χ4n) is 3.54. The molecule has 0 unspecified atom stereocenters. The molecule has 0 aliphatic heterocycles. The standard InChI is InChI=1S/C26H23N5S2/c1-2-17-8-13-22-23(15-17)33-26(29-22)31-24-16-20(14-18-6-4-3-5-7-18)28-25(30-24)27-19-9-11-21(32)12-10-19/h3-13,15-16,32H,2,14H2,1H3,(H2,27,28,29,30,31). The molecular weight excluding hydrogens is 446 g/mol. The Balaban J connectivity index is 1.46. The number of rotatable bonds is 7. The average molecular weight is 470 g/mol. The number of benzene rings is 3. The minimum Gasteiger partial charge on any atom is -0.324 e. The number of anilines is 4. The van der Waals surface area contributed by atoms with Crippen LogP contribution in [0.15, 0.2) is 83.8 Å². The minimum absolute atomic E-state index is 0.534. The van der Waals surface area contributed by atoms with Crippen LogP contribution >= 0.6 is 24.0 Å². The Morgan fingerprint density at radius 3 is 2.42 bits per heavy atom. The van der Waals surface area contributed by atoms with Gasteiger partial charge in [-0.1, -0.05) is 54.7 Å². The molecular formula is C26H23N5S2. The summed E-state index contributed by atoms with van der Waals surface area (Å²) >= 11 is 5.99. The molecule has 2 aromatic heterocycles. The van der Waals surface area contributed by atoms with Crippen molar-refractivity contribution in [2.45, 2.75) is 24.7 Å². The molecule has 0 bridgehead atoms. The zero-order valence-electron chi connectivity index (χ0n) is 18.1. The topological polar surface area (TPSA) is 62.7 Å². The molecule has 5 aromatic rings. The Kier molecular flexibility index (Phi) is 6.24. The molecule has 0 fully saturated rings. The summed E-state index contributed by atoms with van der Waals surface area (Å²) in [5, 5.41) is 7.52. The number of hydrogen-bond acceptors (Lipinski definition) is 7. The summed E-state index contributed by atoms with van der Waals surface area (Å²) < 4.78 is 1.17. The van der Waals surface area contributed by atoms with E-state index in [0.717, 1.165) is 33.3 Å². The van der Waals surface area contributed by atoms with Gasteiger partial charge in [-0.2, -0.15) is 4.98 Å². The van der Waals surface area contributed by atoms with E-state index in [1.54, 1.807) is 11.3 Å². The van der Waals surface area contributed by atoms with Gasteiger partial charge in [0.1, 0.15) is 5.82 Å². The van der Waals surface area contributed by atoms with Crippen molar-refractivity contribution in [1.82, 2.24) is 15.0 Å². The van der Waals surface area contributed by atoms with Gasteiger partial charge in [0, 0.05) is 23.1 Å². The van der Waals surface area contributed by atoms with Gasteiger partial charge in [-0.05, 0) is 53.9 Å². The van der Waals surface area contributed by atoms with Crippen LogP contribution in [0.25, 0.3) is 10.2 Å². The summed E-state index contributed by atoms with van der Waals surface area (Å²) in [4.78, 5) is 15.1. The maximum absolute atomic E-state index is 4.76. The fourth-order valence-corrected chi connectivity index (χ4v) is 4.62. The summed E-state index contributed by atoms with van der Waals surface area (Å²) in [6.45, 7) is 2.16. The first-order valence-corrected chi connectivity index (χ1v) is 12.1. The number of nitrogens with zero attached hydrogens (tertiary/aromatic N) is 3. The second-order valence-corrected chi connectivity index (χ2v) is 9.25. The van der Waals surface area contributed by atoms with E-state index in [4.69, 9.17) is 15.0 Å². The molecule has 0 saturated carbocycles. The predicted octanol–water partition coefficient (Wildman–Crippen LogP) is 7.02. The number of aryl methyl sites for hydroxylation is 1. The lowest BCUT2D eigenvalue weighted by atomic mass is 10.1. The average Bonchev–Trinajstić information content (AvgIpc) is 3.22. The van der Waals surface area contributed by atoms with Crippen LogP contribution in [0.5, 0.6) is 0 Å². The van der Waals surface area contributed by atoms with Crippen molar-refractivity contribution in [2.24, 2.45) is 0 Å². The van der Waals surface area contributed by atoms with Crippen molar-refractivity contribution < 1.29 is 0 Å². The number of fused-ring (bicyclic) bond motifs is 1. The Morgan fingerprint density at radius 2 is 1.64 bits per heavy atom. The number of nitrogens with one attached hydrogen (secondary N) is 2. The molecule has 0 spiro atoms. The van der Waals surface area contributed by atoms with E-state index >= 15 is 0 Å². The van der Waals surface area contributed by atoms with Gasteiger partial charge in [-0.3, -0.25) is 0 Å². The molecule has 0 atom stereocenters. The monoisotopic (exact) mass is 469 g/mol. The zero-order valence-corrected chi connectivity index (χ0v) is 19.8. The van der Waals surface area contributed by atoms with Gasteiger partial charge in [0.25, 0.3) is 0 Å². The molecule has 7 heteroatoms. The van der Waals surface area contributed by atoms with E-state index in [0.29, 0.717) is 18.2 Å². The molecule has 5 rings (SSSR count). The van der Waals surface area contributed by atoms with Gasteiger partial charge in [-0.15, -0.1) is 12.6 Å². The molecule has 5 nitrogen and oxygen atoms in total. The van der Waals surface area contributed by atoms with Crippen molar-refractivity contribution in [3.8, 4) is 0 Å². The zero-order chi connectivity index (χ0) is 22.6. The lowest BCUT2D eigenvalue weighted by Crippen LogP contribution is -2.04. The Morgan fingerprint density at radius 1 is 0.818 bits per heavy atom. The summed E-state index contributed by atoms with van der Waals surface area (Å²) in [6.07, 6.45) is 1.72. The molecule has 164 valence electrons. The quantitative estimate of drug-likeness (QED) is 0.224. The second kappa shape index (κ2) is 9.60. The van der Waals surface area contributed by atoms with Gasteiger partial charge < -0.3 is 10.6 Å². The molecule has 0 amide bonds. The first-order valence-electron chi connectivity index (χ1n) is 10.8. The largest absolute Gasteiger partial charge is 0.324 e. The molecule has 0 aliphatic rings. The lowest BCUT2D eigenvalue weighted by Gasteiger charge is -2.11. The van der Waals surface area contributed by atoms with Crippen molar-refractivity contribution in [1.29, 1.82) is 0 Å². The second-order valence-electron chi connectivity index (χ2n) is 7.70. The molecule has 3 aromatic carbocycles. The predicted molar refractivity (Wildman–Crippen MR) is 141 cm³/mol. The summed E-state index contributed by atoms with van der Waals surface area (Å²) in [7, 11) is 0. The highest BCUT2D eigenvalue weighted by Crippen LogP contribution is 2.29. The molecule has 33 heavy (non-hydrogen) atoms. The van der Waals surface area contributed by atoms with Gasteiger partial charge in [-0.25, -0.2) is 9.97 Å². The molecule has 2 heterocycles. The van der Waals surface area contributed by atoms with E-state index in [1.807, 2.05) is 48.5 Å². The van der Waals surface area contributed by atoms with Crippen molar-refractivity contribution >= 4 is 56.8 Å². The van der Waals surface area contributed by atoms with Crippen LogP contribution in [-0.2, 0) is 12.8 Å². The van der Waals surface area contributed by atoms with Crippen LogP contribution in [0.1, 0.15) is 23.7 Å². The fraction of sp³-hybridized carbons (Fsp3) is 0.115. The Bertz CT molecular complexity index is 1380. The minimum atomic E-state index is 0.534. The number of hydrogen-bond donors (Lipinski definition) is 3. The van der Waals surface area contributed by atoms with Crippen LogP contribution in [0.4, 0.5) is 22.6 Å². The van der Waals surface area contributed by atoms with Gasteiger partial charge in [0.15, 0.2) is 5.13 Å². The van der Waals surface area contributed by atoms with Gasteiger partial charge in [0.2, 0.25) is 5.95 Å². The number of aromatic nitrogens is 3. The van der Waals surface area contributed by atoms with Crippen molar-refractivity contribution in [3.63, 3.8) is 0 Å². The maximum atomic E-state index is 4.76. The maximum Gasteiger partial charge on any atom is 0.229 e. The van der Waals surface area contributed by atoms with Crippen LogP contribution in [0, 0.1) is 0 Å². The third-order valence-corrected chi connectivity index (χ3v) is 6.46. The first kappa shape index (κ1) is 21.4. The highest BCUT2D eigenvalue weighted by Gasteiger charge is 2.10. The van der Waals surface area contributed by atoms with Crippen LogP contribution in [0.2, 0.25) is 0 Å².